The molecule has 7 nitrogen and oxygen atoms in total. The molecule has 1 aliphatic rings. The molecule has 4 aromatic rings. The Labute approximate surface area is 179 Å². The second kappa shape index (κ2) is 7.86. The number of nitrogens with zero attached hydrogens (tertiary/aromatic N) is 5. The second-order valence-electron chi connectivity index (χ2n) is 7.64. The smallest absolute Gasteiger partial charge is 0.228 e. The molecule has 158 valence electrons. The molecule has 2 aromatic heterocycles. The molecule has 8 heteroatoms. The van der Waals surface area contributed by atoms with Crippen molar-refractivity contribution in [2.75, 3.05) is 30.8 Å². The molecule has 2 N–H and O–H groups in total. The predicted octanol–water partition coefficient (Wildman–Crippen LogP) is 3.87. The summed E-state index contributed by atoms with van der Waals surface area (Å²) in [5.41, 5.74) is 8.82. The van der Waals surface area contributed by atoms with Crippen molar-refractivity contribution in [3.8, 4) is 17.0 Å². The molecule has 1 saturated heterocycles. The zero-order chi connectivity index (χ0) is 21.4. The summed E-state index contributed by atoms with van der Waals surface area (Å²) in [6.45, 7) is 2.24. The van der Waals surface area contributed by atoms with Crippen LogP contribution in [0.4, 0.5) is 16.2 Å². The predicted molar refractivity (Wildman–Crippen MR) is 119 cm³/mol. The van der Waals surface area contributed by atoms with E-state index < -0.39 is 5.82 Å². The fourth-order valence-corrected chi connectivity index (χ4v) is 3.99. The third-order valence-electron chi connectivity index (χ3n) is 5.62. The highest BCUT2D eigenvalue weighted by Crippen LogP contribution is 2.35. The summed E-state index contributed by atoms with van der Waals surface area (Å²) < 4.78 is 21.9. The van der Waals surface area contributed by atoms with Crippen molar-refractivity contribution in [3.05, 3.63) is 59.9 Å². The SMILES string of the molecule is COc1ccc(-c2nc(N3CCCC3)nc3nn(Cc4ccccc4)c(N)c23)c(F)c1. The van der Waals surface area contributed by atoms with Crippen LogP contribution >= 0.6 is 0 Å². The Morgan fingerprint density at radius 3 is 2.55 bits per heavy atom. The van der Waals surface area contributed by atoms with Crippen molar-refractivity contribution >= 4 is 22.8 Å². The number of benzene rings is 2. The van der Waals surface area contributed by atoms with Crippen LogP contribution in [-0.2, 0) is 6.54 Å². The Bertz CT molecular complexity index is 1230. The zero-order valence-corrected chi connectivity index (χ0v) is 17.3. The van der Waals surface area contributed by atoms with Crippen molar-refractivity contribution in [1.29, 1.82) is 0 Å². The molecule has 0 bridgehead atoms. The van der Waals surface area contributed by atoms with E-state index in [0.29, 0.717) is 46.4 Å². The number of rotatable bonds is 5. The third-order valence-corrected chi connectivity index (χ3v) is 5.62. The molecule has 0 atom stereocenters. The van der Waals surface area contributed by atoms with Crippen LogP contribution in [0, 0.1) is 5.82 Å². The largest absolute Gasteiger partial charge is 0.497 e. The van der Waals surface area contributed by atoms with E-state index in [0.717, 1.165) is 31.5 Å². The fraction of sp³-hybridized carbons (Fsp3) is 0.261. The van der Waals surface area contributed by atoms with Crippen LogP contribution in [0.2, 0.25) is 0 Å². The Morgan fingerprint density at radius 1 is 1.06 bits per heavy atom. The molecule has 0 aliphatic carbocycles. The van der Waals surface area contributed by atoms with Gasteiger partial charge in [-0.05, 0) is 30.5 Å². The first kappa shape index (κ1) is 19.3. The van der Waals surface area contributed by atoms with Crippen LogP contribution in [0.5, 0.6) is 5.75 Å². The van der Waals surface area contributed by atoms with Crippen molar-refractivity contribution in [2.45, 2.75) is 19.4 Å². The molecule has 31 heavy (non-hydrogen) atoms. The molecule has 0 radical (unpaired) electrons. The first-order valence-electron chi connectivity index (χ1n) is 10.3. The van der Waals surface area contributed by atoms with Crippen molar-refractivity contribution in [2.24, 2.45) is 0 Å². The molecule has 0 spiro atoms. The maximum absolute atomic E-state index is 15.0. The van der Waals surface area contributed by atoms with E-state index in [1.807, 2.05) is 30.3 Å². The van der Waals surface area contributed by atoms with Crippen molar-refractivity contribution < 1.29 is 9.13 Å². The number of nitrogens with two attached hydrogens (primary N) is 1. The number of aromatic nitrogens is 4. The number of hydrogen-bond acceptors (Lipinski definition) is 6. The Hall–Kier alpha value is -3.68. The minimum atomic E-state index is -0.429. The number of anilines is 2. The van der Waals surface area contributed by atoms with Gasteiger partial charge >= 0.3 is 0 Å². The van der Waals surface area contributed by atoms with Gasteiger partial charge in [-0.3, -0.25) is 0 Å². The van der Waals surface area contributed by atoms with Crippen molar-refractivity contribution in [3.63, 3.8) is 0 Å². The minimum Gasteiger partial charge on any atom is -0.497 e. The number of methoxy groups -OCH3 is 1. The highest BCUT2D eigenvalue weighted by Gasteiger charge is 2.24. The number of hydrogen-bond donors (Lipinski definition) is 1. The molecule has 0 amide bonds. The summed E-state index contributed by atoms with van der Waals surface area (Å²) in [4.78, 5) is 11.5. The van der Waals surface area contributed by atoms with Crippen LogP contribution in [0.1, 0.15) is 18.4 Å². The number of fused-ring (bicyclic) bond motifs is 1. The van der Waals surface area contributed by atoms with E-state index in [4.69, 9.17) is 15.5 Å². The molecule has 5 rings (SSSR count). The molecule has 0 saturated carbocycles. The molecular weight excluding hydrogens is 395 g/mol. The average Bonchev–Trinajstić information content (AvgIpc) is 3.43. The molecule has 2 aromatic carbocycles. The van der Waals surface area contributed by atoms with Gasteiger partial charge in [-0.1, -0.05) is 30.3 Å². The molecule has 1 aliphatic heterocycles. The highest BCUT2D eigenvalue weighted by atomic mass is 19.1. The first-order chi connectivity index (χ1) is 15.1. The lowest BCUT2D eigenvalue weighted by Gasteiger charge is -2.16. The van der Waals surface area contributed by atoms with E-state index >= 15 is 4.39 Å². The van der Waals surface area contributed by atoms with Crippen molar-refractivity contribution in [1.82, 2.24) is 19.7 Å². The summed E-state index contributed by atoms with van der Waals surface area (Å²) in [5.74, 6) is 0.984. The summed E-state index contributed by atoms with van der Waals surface area (Å²) in [5, 5.41) is 5.21. The number of ether oxygens (including phenoxy) is 1. The van der Waals surface area contributed by atoms with E-state index in [2.05, 4.69) is 15.0 Å². The monoisotopic (exact) mass is 418 g/mol. The summed E-state index contributed by atoms with van der Waals surface area (Å²) in [6, 6.07) is 14.7. The van der Waals surface area contributed by atoms with Gasteiger partial charge in [0.05, 0.1) is 24.7 Å². The first-order valence-corrected chi connectivity index (χ1v) is 10.3. The van der Waals surface area contributed by atoms with Crippen LogP contribution in [0.3, 0.4) is 0 Å². The number of halogens is 1. The zero-order valence-electron chi connectivity index (χ0n) is 17.3. The molecule has 3 heterocycles. The van der Waals surface area contributed by atoms with Gasteiger partial charge in [-0.2, -0.15) is 4.98 Å². The van der Waals surface area contributed by atoms with Gasteiger partial charge in [-0.15, -0.1) is 5.10 Å². The van der Waals surface area contributed by atoms with E-state index in [1.165, 1.54) is 13.2 Å². The van der Waals surface area contributed by atoms with Crippen LogP contribution in [0.15, 0.2) is 48.5 Å². The van der Waals surface area contributed by atoms with Gasteiger partial charge in [0.1, 0.15) is 17.4 Å². The highest BCUT2D eigenvalue weighted by molar-refractivity contribution is 5.99. The Kier molecular flexibility index (Phi) is 4.89. The average molecular weight is 418 g/mol. The second-order valence-corrected chi connectivity index (χ2v) is 7.64. The Morgan fingerprint density at radius 2 is 1.84 bits per heavy atom. The van der Waals surface area contributed by atoms with E-state index in [1.54, 1.807) is 16.8 Å². The minimum absolute atomic E-state index is 0.347. The normalized spacial score (nSPS) is 13.8. The van der Waals surface area contributed by atoms with Gasteiger partial charge in [0.2, 0.25) is 5.95 Å². The van der Waals surface area contributed by atoms with Gasteiger partial charge < -0.3 is 15.4 Å². The standard InChI is InChI=1S/C23H23FN6O/c1-31-16-9-10-17(18(24)13-16)20-19-21(25)30(14-15-7-3-2-4-8-15)28-22(19)27-23(26-20)29-11-5-6-12-29/h2-4,7-10,13H,5-6,11-12,14,25H2,1H3. The van der Waals surface area contributed by atoms with Gasteiger partial charge in [0, 0.05) is 24.7 Å². The third kappa shape index (κ3) is 3.54. The summed E-state index contributed by atoms with van der Waals surface area (Å²) in [6.07, 6.45) is 2.16. The van der Waals surface area contributed by atoms with Crippen LogP contribution in [-0.4, -0.2) is 39.9 Å². The maximum atomic E-state index is 15.0. The Balaban J connectivity index is 1.69. The lowest BCUT2D eigenvalue weighted by molar-refractivity contribution is 0.411. The van der Waals surface area contributed by atoms with Gasteiger partial charge in [-0.25, -0.2) is 14.1 Å². The van der Waals surface area contributed by atoms with Crippen LogP contribution < -0.4 is 15.4 Å². The topological polar surface area (TPSA) is 82.1 Å². The van der Waals surface area contributed by atoms with Crippen LogP contribution in [0.25, 0.3) is 22.3 Å². The molecular formula is C23H23FN6O. The van der Waals surface area contributed by atoms with E-state index in [-0.39, 0.29) is 0 Å². The quantitative estimate of drug-likeness (QED) is 0.530. The van der Waals surface area contributed by atoms with Gasteiger partial charge in [0.25, 0.3) is 0 Å². The van der Waals surface area contributed by atoms with Gasteiger partial charge in [0.15, 0.2) is 5.65 Å². The summed E-state index contributed by atoms with van der Waals surface area (Å²) in [7, 11) is 1.51. The lowest BCUT2D eigenvalue weighted by atomic mass is 10.1. The fourth-order valence-electron chi connectivity index (χ4n) is 3.99. The summed E-state index contributed by atoms with van der Waals surface area (Å²) >= 11 is 0. The number of nitrogen functional groups attached to an aromatic ring is 1. The molecule has 0 unspecified atom stereocenters. The lowest BCUT2D eigenvalue weighted by Crippen LogP contribution is -2.20. The maximum Gasteiger partial charge on any atom is 0.228 e. The van der Waals surface area contributed by atoms with E-state index in [9.17, 15) is 0 Å². The molecule has 1 fully saturated rings.